The molecule has 0 fully saturated rings. The van der Waals surface area contributed by atoms with Gasteiger partial charge in [-0.2, -0.15) is 0 Å². The number of benzene rings is 1. The van der Waals surface area contributed by atoms with E-state index in [2.05, 4.69) is 20.3 Å². The Morgan fingerprint density at radius 2 is 1.83 bits per heavy atom. The number of halogens is 1. The average Bonchev–Trinajstić information content (AvgIpc) is 2.61. The van der Waals surface area contributed by atoms with Crippen molar-refractivity contribution in [1.29, 1.82) is 0 Å². The van der Waals surface area contributed by atoms with Crippen molar-refractivity contribution in [3.05, 3.63) is 66.5 Å². The summed E-state index contributed by atoms with van der Waals surface area (Å²) in [4.78, 5) is 12.8. The quantitative estimate of drug-likeness (QED) is 0.783. The van der Waals surface area contributed by atoms with Crippen molar-refractivity contribution in [1.82, 2.24) is 15.0 Å². The molecular formula is C17H15FN4O. The summed E-state index contributed by atoms with van der Waals surface area (Å²) in [5.41, 5.74) is 2.48. The second-order valence-electron chi connectivity index (χ2n) is 4.88. The summed E-state index contributed by atoms with van der Waals surface area (Å²) >= 11 is 0. The van der Waals surface area contributed by atoms with Crippen LogP contribution in [-0.4, -0.2) is 22.1 Å². The molecule has 0 aliphatic rings. The van der Waals surface area contributed by atoms with Crippen molar-refractivity contribution in [2.24, 2.45) is 0 Å². The topological polar surface area (TPSA) is 59.9 Å². The molecule has 5 nitrogen and oxygen atoms in total. The highest BCUT2D eigenvalue weighted by Crippen LogP contribution is 2.21. The van der Waals surface area contributed by atoms with E-state index in [1.54, 1.807) is 44.0 Å². The lowest BCUT2D eigenvalue weighted by Gasteiger charge is -2.08. The molecule has 0 spiro atoms. The van der Waals surface area contributed by atoms with Crippen LogP contribution in [0, 0.1) is 5.82 Å². The first-order valence-electron chi connectivity index (χ1n) is 7.04. The van der Waals surface area contributed by atoms with Crippen LogP contribution >= 0.6 is 0 Å². The normalized spacial score (nSPS) is 10.3. The van der Waals surface area contributed by atoms with Gasteiger partial charge in [-0.15, -0.1) is 0 Å². The third-order valence-electron chi connectivity index (χ3n) is 3.27. The van der Waals surface area contributed by atoms with Crippen LogP contribution in [-0.2, 0) is 6.54 Å². The zero-order valence-electron chi connectivity index (χ0n) is 12.5. The summed E-state index contributed by atoms with van der Waals surface area (Å²) in [6, 6.07) is 8.17. The van der Waals surface area contributed by atoms with Crippen LogP contribution in [0.5, 0.6) is 5.75 Å². The van der Waals surface area contributed by atoms with E-state index in [1.165, 1.54) is 12.1 Å². The molecule has 2 heterocycles. The number of nitrogens with zero attached hydrogens (tertiary/aromatic N) is 3. The van der Waals surface area contributed by atoms with Gasteiger partial charge in [0.05, 0.1) is 31.4 Å². The monoisotopic (exact) mass is 310 g/mol. The first-order chi connectivity index (χ1) is 11.2. The summed E-state index contributed by atoms with van der Waals surface area (Å²) in [6.45, 7) is 0.536. The Morgan fingerprint density at radius 1 is 1.04 bits per heavy atom. The minimum Gasteiger partial charge on any atom is -0.495 e. The van der Waals surface area contributed by atoms with Crippen molar-refractivity contribution in [3.63, 3.8) is 0 Å². The summed E-state index contributed by atoms with van der Waals surface area (Å²) in [5, 5.41) is 3.17. The van der Waals surface area contributed by atoms with Gasteiger partial charge in [0.2, 0.25) is 0 Å². The fourth-order valence-electron chi connectivity index (χ4n) is 2.06. The molecule has 1 N–H and O–H groups in total. The minimum atomic E-state index is -0.249. The number of pyridine rings is 1. The molecule has 0 unspecified atom stereocenters. The van der Waals surface area contributed by atoms with E-state index in [1.807, 2.05) is 6.07 Å². The van der Waals surface area contributed by atoms with Gasteiger partial charge in [0, 0.05) is 18.3 Å². The molecule has 3 rings (SSSR count). The summed E-state index contributed by atoms with van der Waals surface area (Å²) in [6.07, 6.45) is 6.64. The summed E-state index contributed by atoms with van der Waals surface area (Å²) in [5.74, 6) is 1.05. The van der Waals surface area contributed by atoms with Crippen LogP contribution in [0.15, 0.2) is 55.1 Å². The molecule has 1 aromatic carbocycles. The van der Waals surface area contributed by atoms with Gasteiger partial charge >= 0.3 is 0 Å². The second-order valence-corrected chi connectivity index (χ2v) is 4.88. The fraction of sp³-hybridized carbons (Fsp3) is 0.118. The molecule has 0 saturated heterocycles. The Morgan fingerprint density at radius 3 is 2.61 bits per heavy atom. The van der Waals surface area contributed by atoms with Crippen molar-refractivity contribution >= 4 is 5.82 Å². The van der Waals surface area contributed by atoms with Crippen molar-refractivity contribution < 1.29 is 9.13 Å². The zero-order valence-corrected chi connectivity index (χ0v) is 12.5. The van der Waals surface area contributed by atoms with Crippen LogP contribution in [0.1, 0.15) is 5.56 Å². The van der Waals surface area contributed by atoms with E-state index in [-0.39, 0.29) is 5.82 Å². The molecule has 0 atom stereocenters. The molecule has 2 aromatic heterocycles. The molecule has 6 heteroatoms. The van der Waals surface area contributed by atoms with Crippen molar-refractivity contribution in [3.8, 4) is 17.0 Å². The number of methoxy groups -OCH3 is 1. The van der Waals surface area contributed by atoms with E-state index in [9.17, 15) is 4.39 Å². The molecule has 0 bridgehead atoms. The standard InChI is InChI=1S/C17H15FN4O/c1-23-15-6-13(8-19-9-15)16-10-20-11-17(22-16)21-7-12-2-4-14(18)5-3-12/h2-6,8-11H,7H2,1H3,(H,21,22). The van der Waals surface area contributed by atoms with E-state index in [0.717, 1.165) is 11.1 Å². The maximum absolute atomic E-state index is 12.9. The van der Waals surface area contributed by atoms with Gasteiger partial charge in [-0.25, -0.2) is 9.37 Å². The molecule has 0 aliphatic heterocycles. The molecule has 0 saturated carbocycles. The number of aromatic nitrogens is 3. The number of hydrogen-bond donors (Lipinski definition) is 1. The van der Waals surface area contributed by atoms with Crippen molar-refractivity contribution in [2.75, 3.05) is 12.4 Å². The average molecular weight is 310 g/mol. The predicted molar refractivity (Wildman–Crippen MR) is 85.5 cm³/mol. The number of nitrogens with one attached hydrogen (secondary N) is 1. The lowest BCUT2D eigenvalue weighted by Crippen LogP contribution is -2.02. The van der Waals surface area contributed by atoms with Gasteiger partial charge in [0.15, 0.2) is 0 Å². The number of ether oxygens (including phenoxy) is 1. The lowest BCUT2D eigenvalue weighted by molar-refractivity contribution is 0.413. The van der Waals surface area contributed by atoms with E-state index in [4.69, 9.17) is 4.74 Å². The predicted octanol–water partition coefficient (Wildman–Crippen LogP) is 3.30. The van der Waals surface area contributed by atoms with Crippen LogP contribution < -0.4 is 10.1 Å². The molecular weight excluding hydrogens is 295 g/mol. The largest absolute Gasteiger partial charge is 0.495 e. The van der Waals surface area contributed by atoms with Gasteiger partial charge in [0.25, 0.3) is 0 Å². The van der Waals surface area contributed by atoms with E-state index >= 15 is 0 Å². The first kappa shape index (κ1) is 14.9. The second kappa shape index (κ2) is 6.83. The molecule has 0 aliphatic carbocycles. The molecule has 0 radical (unpaired) electrons. The van der Waals surface area contributed by atoms with Crippen LogP contribution in [0.2, 0.25) is 0 Å². The van der Waals surface area contributed by atoms with Gasteiger partial charge < -0.3 is 10.1 Å². The molecule has 116 valence electrons. The molecule has 23 heavy (non-hydrogen) atoms. The third-order valence-corrected chi connectivity index (χ3v) is 3.27. The zero-order chi connectivity index (χ0) is 16.1. The van der Waals surface area contributed by atoms with Gasteiger partial charge in [0.1, 0.15) is 17.4 Å². The Labute approximate surface area is 133 Å². The summed E-state index contributed by atoms with van der Waals surface area (Å²) < 4.78 is 18.1. The van der Waals surface area contributed by atoms with Gasteiger partial charge in [-0.3, -0.25) is 9.97 Å². The third kappa shape index (κ3) is 3.79. The maximum Gasteiger partial charge on any atom is 0.145 e. The first-order valence-corrected chi connectivity index (χ1v) is 7.04. The number of anilines is 1. The Bertz CT molecular complexity index is 793. The van der Waals surface area contributed by atoms with Crippen LogP contribution in [0.25, 0.3) is 11.3 Å². The Kier molecular flexibility index (Phi) is 4.42. The Hall–Kier alpha value is -3.02. The highest BCUT2D eigenvalue weighted by atomic mass is 19.1. The SMILES string of the molecule is COc1cncc(-c2cncc(NCc3ccc(F)cc3)n2)c1. The minimum absolute atomic E-state index is 0.249. The highest BCUT2D eigenvalue weighted by Gasteiger charge is 2.04. The number of hydrogen-bond acceptors (Lipinski definition) is 5. The van der Waals surface area contributed by atoms with Crippen LogP contribution in [0.4, 0.5) is 10.2 Å². The van der Waals surface area contributed by atoms with Crippen molar-refractivity contribution in [2.45, 2.75) is 6.54 Å². The van der Waals surface area contributed by atoms with E-state index in [0.29, 0.717) is 23.8 Å². The van der Waals surface area contributed by atoms with E-state index < -0.39 is 0 Å². The molecule has 3 aromatic rings. The Balaban J connectivity index is 1.75. The highest BCUT2D eigenvalue weighted by molar-refractivity contribution is 5.60. The number of rotatable bonds is 5. The summed E-state index contributed by atoms with van der Waals surface area (Å²) in [7, 11) is 1.59. The van der Waals surface area contributed by atoms with Crippen LogP contribution in [0.3, 0.4) is 0 Å². The van der Waals surface area contributed by atoms with Gasteiger partial charge in [-0.1, -0.05) is 12.1 Å². The lowest BCUT2D eigenvalue weighted by atomic mass is 10.2. The molecule has 0 amide bonds. The maximum atomic E-state index is 12.9. The fourth-order valence-corrected chi connectivity index (χ4v) is 2.06. The smallest absolute Gasteiger partial charge is 0.145 e. The van der Waals surface area contributed by atoms with Gasteiger partial charge in [-0.05, 0) is 23.8 Å².